The minimum Gasteiger partial charge on any atom is -0.344 e. The number of carbonyl (C=O) groups excluding carboxylic acids is 2. The Morgan fingerprint density at radius 3 is 2.30 bits per heavy atom. The highest BCUT2D eigenvalue weighted by atomic mass is 16.2. The van der Waals surface area contributed by atoms with Crippen molar-refractivity contribution in [2.24, 2.45) is 0 Å². The number of carbonyl (C=O) groups is 2. The number of rotatable bonds is 5. The number of nitrogens with zero attached hydrogens (tertiary/aromatic N) is 3. The second-order valence-electron chi connectivity index (χ2n) is 6.53. The van der Waals surface area contributed by atoms with Crippen molar-refractivity contribution in [3.63, 3.8) is 0 Å². The van der Waals surface area contributed by atoms with E-state index < -0.39 is 11.8 Å². The van der Waals surface area contributed by atoms with Crippen LogP contribution < -0.4 is 10.6 Å². The van der Waals surface area contributed by atoms with E-state index in [1.165, 1.54) is 6.20 Å². The van der Waals surface area contributed by atoms with E-state index in [-0.39, 0.29) is 6.54 Å². The maximum atomic E-state index is 12.3. The summed E-state index contributed by atoms with van der Waals surface area (Å²) in [4.78, 5) is 28.3. The Labute approximate surface area is 173 Å². The van der Waals surface area contributed by atoms with Crippen LogP contribution in [0.5, 0.6) is 0 Å². The Kier molecular flexibility index (Phi) is 5.61. The lowest BCUT2D eigenvalue weighted by atomic mass is 10.1. The largest absolute Gasteiger partial charge is 0.344 e. The van der Waals surface area contributed by atoms with Crippen LogP contribution in [0.15, 0.2) is 91.4 Å². The van der Waals surface area contributed by atoms with Crippen LogP contribution in [0, 0.1) is 0 Å². The minimum absolute atomic E-state index is 0.163. The van der Waals surface area contributed by atoms with E-state index in [9.17, 15) is 9.59 Å². The number of nitrogens with one attached hydrogen (secondary N) is 2. The molecule has 0 fully saturated rings. The SMILES string of the molecule is O=C(NCc1cn(-c2ccccc2)nc1-c1ccccc1)C(=O)Nc1cccnc1. The number of benzene rings is 2. The highest BCUT2D eigenvalue weighted by Crippen LogP contribution is 2.23. The molecule has 0 saturated heterocycles. The average Bonchev–Trinajstić information content (AvgIpc) is 3.23. The topological polar surface area (TPSA) is 88.9 Å². The molecular formula is C23H19N5O2. The van der Waals surface area contributed by atoms with Crippen molar-refractivity contribution in [3.8, 4) is 16.9 Å². The first-order valence-corrected chi connectivity index (χ1v) is 9.39. The second kappa shape index (κ2) is 8.83. The smallest absolute Gasteiger partial charge is 0.313 e. The van der Waals surface area contributed by atoms with E-state index in [4.69, 9.17) is 5.10 Å². The summed E-state index contributed by atoms with van der Waals surface area (Å²) in [5, 5.41) is 9.89. The molecule has 30 heavy (non-hydrogen) atoms. The molecule has 0 saturated carbocycles. The molecule has 4 rings (SSSR count). The zero-order valence-corrected chi connectivity index (χ0v) is 16.0. The Bertz CT molecular complexity index is 1140. The van der Waals surface area contributed by atoms with Gasteiger partial charge in [0.25, 0.3) is 0 Å². The van der Waals surface area contributed by atoms with Crippen molar-refractivity contribution >= 4 is 17.5 Å². The maximum Gasteiger partial charge on any atom is 0.313 e. The fourth-order valence-corrected chi connectivity index (χ4v) is 2.97. The van der Waals surface area contributed by atoms with E-state index in [1.807, 2.05) is 66.9 Å². The molecule has 4 aromatic rings. The average molecular weight is 397 g/mol. The van der Waals surface area contributed by atoms with Gasteiger partial charge in [-0.2, -0.15) is 5.10 Å². The van der Waals surface area contributed by atoms with Crippen LogP contribution in [0.25, 0.3) is 16.9 Å². The molecule has 0 radical (unpaired) electrons. The van der Waals surface area contributed by atoms with Gasteiger partial charge in [0.15, 0.2) is 0 Å². The van der Waals surface area contributed by atoms with Gasteiger partial charge in [-0.1, -0.05) is 48.5 Å². The Morgan fingerprint density at radius 1 is 0.867 bits per heavy atom. The van der Waals surface area contributed by atoms with Gasteiger partial charge < -0.3 is 10.6 Å². The molecule has 0 aliphatic heterocycles. The molecule has 2 heterocycles. The molecule has 0 spiro atoms. The normalized spacial score (nSPS) is 10.4. The predicted octanol–water partition coefficient (Wildman–Crippen LogP) is 3.19. The number of hydrogen-bond acceptors (Lipinski definition) is 4. The van der Waals surface area contributed by atoms with Gasteiger partial charge in [-0.3, -0.25) is 14.6 Å². The number of aromatic nitrogens is 3. The summed E-state index contributed by atoms with van der Waals surface area (Å²) in [6.07, 6.45) is 4.92. The molecule has 7 heteroatoms. The molecule has 0 atom stereocenters. The van der Waals surface area contributed by atoms with Crippen molar-refractivity contribution < 1.29 is 9.59 Å². The molecule has 2 aromatic carbocycles. The van der Waals surface area contributed by atoms with E-state index in [0.717, 1.165) is 22.5 Å². The lowest BCUT2D eigenvalue weighted by Crippen LogP contribution is -2.35. The highest BCUT2D eigenvalue weighted by molar-refractivity contribution is 6.39. The van der Waals surface area contributed by atoms with Gasteiger partial charge in [-0.25, -0.2) is 4.68 Å². The monoisotopic (exact) mass is 397 g/mol. The molecule has 2 N–H and O–H groups in total. The number of pyridine rings is 1. The fraction of sp³-hybridized carbons (Fsp3) is 0.0435. The molecule has 0 unspecified atom stereocenters. The third-order valence-corrected chi connectivity index (χ3v) is 4.42. The van der Waals surface area contributed by atoms with Gasteiger partial charge in [0.2, 0.25) is 0 Å². The van der Waals surface area contributed by atoms with Crippen LogP contribution in [0.3, 0.4) is 0 Å². The van der Waals surface area contributed by atoms with E-state index in [1.54, 1.807) is 23.0 Å². The fourth-order valence-electron chi connectivity index (χ4n) is 2.97. The first-order valence-electron chi connectivity index (χ1n) is 9.39. The summed E-state index contributed by atoms with van der Waals surface area (Å²) in [5.41, 5.74) is 3.83. The van der Waals surface area contributed by atoms with Crippen LogP contribution in [0.1, 0.15) is 5.56 Å². The van der Waals surface area contributed by atoms with Crippen LogP contribution in [-0.2, 0) is 16.1 Å². The van der Waals surface area contributed by atoms with Gasteiger partial charge in [0, 0.05) is 30.1 Å². The quantitative estimate of drug-likeness (QED) is 0.506. The lowest BCUT2D eigenvalue weighted by Gasteiger charge is -2.06. The van der Waals surface area contributed by atoms with Crippen molar-refractivity contribution in [1.29, 1.82) is 0 Å². The van der Waals surface area contributed by atoms with Gasteiger partial charge in [-0.15, -0.1) is 0 Å². The summed E-state index contributed by atoms with van der Waals surface area (Å²) in [5.74, 6) is -1.48. The van der Waals surface area contributed by atoms with E-state index in [2.05, 4.69) is 15.6 Å². The number of hydrogen-bond donors (Lipinski definition) is 2. The first-order chi connectivity index (χ1) is 14.7. The van der Waals surface area contributed by atoms with Crippen LogP contribution in [0.4, 0.5) is 5.69 Å². The zero-order valence-electron chi connectivity index (χ0n) is 16.0. The van der Waals surface area contributed by atoms with Crippen molar-refractivity contribution in [3.05, 3.63) is 97.0 Å². The van der Waals surface area contributed by atoms with Crippen molar-refractivity contribution in [1.82, 2.24) is 20.1 Å². The maximum absolute atomic E-state index is 12.3. The number of para-hydroxylation sites is 1. The zero-order chi connectivity index (χ0) is 20.8. The molecule has 148 valence electrons. The molecule has 2 amide bonds. The second-order valence-corrected chi connectivity index (χ2v) is 6.53. The standard InChI is InChI=1S/C23H19N5O2/c29-22(23(30)26-19-10-7-13-24-15-19)25-14-18-16-28(20-11-5-2-6-12-20)27-21(18)17-8-3-1-4-9-17/h1-13,15-16H,14H2,(H,25,29)(H,26,30). The van der Waals surface area contributed by atoms with Gasteiger partial charge in [-0.05, 0) is 24.3 Å². The summed E-state index contributed by atoms with van der Waals surface area (Å²) >= 11 is 0. The molecule has 0 bridgehead atoms. The van der Waals surface area contributed by atoms with Crippen LogP contribution in [-0.4, -0.2) is 26.6 Å². The number of amides is 2. The van der Waals surface area contributed by atoms with E-state index >= 15 is 0 Å². The van der Waals surface area contributed by atoms with Gasteiger partial charge in [0.05, 0.1) is 23.3 Å². The highest BCUT2D eigenvalue weighted by Gasteiger charge is 2.17. The van der Waals surface area contributed by atoms with Crippen molar-refractivity contribution in [2.45, 2.75) is 6.54 Å². The summed E-state index contributed by atoms with van der Waals surface area (Å²) in [7, 11) is 0. The van der Waals surface area contributed by atoms with Gasteiger partial charge in [0.1, 0.15) is 0 Å². The molecular weight excluding hydrogens is 378 g/mol. The number of anilines is 1. The Hall–Kier alpha value is -4.26. The van der Waals surface area contributed by atoms with E-state index in [0.29, 0.717) is 5.69 Å². The van der Waals surface area contributed by atoms with Crippen LogP contribution >= 0.6 is 0 Å². The molecule has 0 aliphatic rings. The van der Waals surface area contributed by atoms with Crippen LogP contribution in [0.2, 0.25) is 0 Å². The Morgan fingerprint density at radius 2 is 1.60 bits per heavy atom. The van der Waals surface area contributed by atoms with Gasteiger partial charge >= 0.3 is 11.8 Å². The summed E-state index contributed by atoms with van der Waals surface area (Å²) in [6, 6.07) is 22.8. The summed E-state index contributed by atoms with van der Waals surface area (Å²) < 4.78 is 1.76. The molecule has 2 aromatic heterocycles. The predicted molar refractivity (Wildman–Crippen MR) is 114 cm³/mol. The minimum atomic E-state index is -0.750. The third kappa shape index (κ3) is 4.41. The van der Waals surface area contributed by atoms with Crippen molar-refractivity contribution in [2.75, 3.05) is 5.32 Å². The summed E-state index contributed by atoms with van der Waals surface area (Å²) in [6.45, 7) is 0.163. The third-order valence-electron chi connectivity index (χ3n) is 4.42. The first kappa shape index (κ1) is 19.1. The lowest BCUT2D eigenvalue weighted by molar-refractivity contribution is -0.136. The Balaban J connectivity index is 1.53. The molecule has 0 aliphatic carbocycles. The molecule has 7 nitrogen and oxygen atoms in total.